The third kappa shape index (κ3) is 3.43. The molecule has 1 fully saturated rings. The average Bonchev–Trinajstić information content (AvgIpc) is 2.68. The summed E-state index contributed by atoms with van der Waals surface area (Å²) < 4.78 is 0. The number of fused-ring (bicyclic) bond motifs is 1. The smallest absolute Gasteiger partial charge is 0.228 e. The van der Waals surface area contributed by atoms with Crippen LogP contribution in [0.5, 0.6) is 0 Å². The zero-order valence-electron chi connectivity index (χ0n) is 15.4. The van der Waals surface area contributed by atoms with Crippen LogP contribution in [0.2, 0.25) is 0 Å². The van der Waals surface area contributed by atoms with Gasteiger partial charge in [0.15, 0.2) is 0 Å². The van der Waals surface area contributed by atoms with Crippen LogP contribution in [0.25, 0.3) is 10.9 Å². The highest BCUT2D eigenvalue weighted by molar-refractivity contribution is 5.90. The molecule has 2 heterocycles. The van der Waals surface area contributed by atoms with Gasteiger partial charge in [0.2, 0.25) is 5.95 Å². The van der Waals surface area contributed by atoms with Crippen LogP contribution >= 0.6 is 0 Å². The molecule has 134 valence electrons. The lowest BCUT2D eigenvalue weighted by atomic mass is 10.2. The van der Waals surface area contributed by atoms with Crippen molar-refractivity contribution in [1.82, 2.24) is 9.97 Å². The van der Waals surface area contributed by atoms with Gasteiger partial charge in [-0.05, 0) is 38.1 Å². The third-order valence-corrected chi connectivity index (χ3v) is 4.70. The van der Waals surface area contributed by atoms with Crippen molar-refractivity contribution in [3.8, 4) is 0 Å². The molecule has 1 N–H and O–H groups in total. The number of rotatable bonds is 4. The second-order valence-corrected chi connectivity index (χ2v) is 7.00. The van der Waals surface area contributed by atoms with Crippen molar-refractivity contribution in [3.05, 3.63) is 54.6 Å². The molecule has 1 aliphatic heterocycles. The second-order valence-electron chi connectivity index (χ2n) is 7.00. The van der Waals surface area contributed by atoms with Gasteiger partial charge in [-0.1, -0.05) is 30.3 Å². The van der Waals surface area contributed by atoms with Gasteiger partial charge < -0.3 is 15.1 Å². The van der Waals surface area contributed by atoms with Crippen molar-refractivity contribution in [1.29, 1.82) is 0 Å². The quantitative estimate of drug-likeness (QED) is 0.778. The van der Waals surface area contributed by atoms with E-state index in [0.29, 0.717) is 6.04 Å². The van der Waals surface area contributed by atoms with Crippen molar-refractivity contribution < 1.29 is 0 Å². The fourth-order valence-electron chi connectivity index (χ4n) is 3.39. The maximum atomic E-state index is 4.85. The fraction of sp³-hybridized carbons (Fsp3) is 0.333. The summed E-state index contributed by atoms with van der Waals surface area (Å²) in [6.45, 7) is 8.08. The van der Waals surface area contributed by atoms with Crippen LogP contribution in [-0.4, -0.2) is 42.2 Å². The monoisotopic (exact) mass is 347 g/mol. The predicted octanol–water partition coefficient (Wildman–Crippen LogP) is 3.78. The molecular formula is C21H25N5. The Morgan fingerprint density at radius 2 is 1.46 bits per heavy atom. The lowest BCUT2D eigenvalue weighted by Crippen LogP contribution is -2.47. The van der Waals surface area contributed by atoms with E-state index < -0.39 is 0 Å². The summed E-state index contributed by atoms with van der Waals surface area (Å²) in [5.41, 5.74) is 2.28. The lowest BCUT2D eigenvalue weighted by Gasteiger charge is -2.36. The topological polar surface area (TPSA) is 44.3 Å². The predicted molar refractivity (Wildman–Crippen MR) is 109 cm³/mol. The summed E-state index contributed by atoms with van der Waals surface area (Å²) in [5.74, 6) is 1.74. The Hall–Kier alpha value is -2.82. The van der Waals surface area contributed by atoms with Gasteiger partial charge in [-0.3, -0.25) is 0 Å². The number of hydrogen-bond acceptors (Lipinski definition) is 5. The summed E-state index contributed by atoms with van der Waals surface area (Å²) >= 11 is 0. The maximum absolute atomic E-state index is 4.85. The molecule has 26 heavy (non-hydrogen) atoms. The molecule has 4 rings (SSSR count). The molecule has 1 saturated heterocycles. The molecule has 3 aromatic rings. The number of nitrogens with one attached hydrogen (secondary N) is 1. The number of benzene rings is 2. The molecule has 0 atom stereocenters. The van der Waals surface area contributed by atoms with E-state index in [4.69, 9.17) is 9.97 Å². The highest BCUT2D eigenvalue weighted by Crippen LogP contribution is 2.25. The number of anilines is 3. The number of para-hydroxylation sites is 2. The zero-order chi connectivity index (χ0) is 17.9. The Balaban J connectivity index is 1.57. The largest absolute Gasteiger partial charge is 0.368 e. The average molecular weight is 347 g/mol. The Kier molecular flexibility index (Phi) is 4.61. The third-order valence-electron chi connectivity index (χ3n) is 4.70. The van der Waals surface area contributed by atoms with Gasteiger partial charge in [0.05, 0.1) is 5.52 Å². The summed E-state index contributed by atoms with van der Waals surface area (Å²) in [4.78, 5) is 14.4. The fourth-order valence-corrected chi connectivity index (χ4v) is 3.39. The summed E-state index contributed by atoms with van der Waals surface area (Å²) in [5, 5.41) is 4.55. The first-order valence-electron chi connectivity index (χ1n) is 9.29. The van der Waals surface area contributed by atoms with E-state index in [2.05, 4.69) is 71.4 Å². The first-order valence-corrected chi connectivity index (χ1v) is 9.29. The Bertz CT molecular complexity index is 870. The standard InChI is InChI=1S/C21H25N5/c1-16(2)22-20-18-10-6-7-11-19(18)23-21(24-20)26-14-12-25(13-15-26)17-8-4-3-5-9-17/h3-11,16H,12-15H2,1-2H3,(H,22,23,24). The minimum Gasteiger partial charge on any atom is -0.368 e. The molecular weight excluding hydrogens is 322 g/mol. The van der Waals surface area contributed by atoms with Crippen LogP contribution in [0.1, 0.15) is 13.8 Å². The van der Waals surface area contributed by atoms with Crippen molar-refractivity contribution in [2.75, 3.05) is 41.3 Å². The van der Waals surface area contributed by atoms with E-state index in [9.17, 15) is 0 Å². The molecule has 0 spiro atoms. The van der Waals surface area contributed by atoms with Crippen LogP contribution in [0, 0.1) is 0 Å². The molecule has 0 radical (unpaired) electrons. The highest BCUT2D eigenvalue weighted by atomic mass is 15.3. The molecule has 0 saturated carbocycles. The molecule has 2 aromatic carbocycles. The normalized spacial score (nSPS) is 14.9. The van der Waals surface area contributed by atoms with Crippen LogP contribution in [0.3, 0.4) is 0 Å². The van der Waals surface area contributed by atoms with E-state index in [1.165, 1.54) is 5.69 Å². The Morgan fingerprint density at radius 1 is 0.808 bits per heavy atom. The van der Waals surface area contributed by atoms with Crippen molar-refractivity contribution in [2.24, 2.45) is 0 Å². The zero-order valence-corrected chi connectivity index (χ0v) is 15.4. The SMILES string of the molecule is CC(C)Nc1nc(N2CCN(c3ccccc3)CC2)nc2ccccc12. The van der Waals surface area contributed by atoms with E-state index in [-0.39, 0.29) is 0 Å². The van der Waals surface area contributed by atoms with Gasteiger partial charge >= 0.3 is 0 Å². The van der Waals surface area contributed by atoms with Gasteiger partial charge in [-0.2, -0.15) is 4.98 Å². The van der Waals surface area contributed by atoms with Crippen LogP contribution in [0.4, 0.5) is 17.5 Å². The van der Waals surface area contributed by atoms with Gasteiger partial charge in [-0.25, -0.2) is 4.98 Å². The molecule has 5 heteroatoms. The molecule has 1 aliphatic rings. The van der Waals surface area contributed by atoms with Gasteiger partial charge in [0, 0.05) is 43.3 Å². The van der Waals surface area contributed by atoms with Gasteiger partial charge in [-0.15, -0.1) is 0 Å². The number of hydrogen-bond donors (Lipinski definition) is 1. The second kappa shape index (κ2) is 7.20. The van der Waals surface area contributed by atoms with E-state index >= 15 is 0 Å². The highest BCUT2D eigenvalue weighted by Gasteiger charge is 2.20. The molecule has 0 bridgehead atoms. The van der Waals surface area contributed by atoms with Gasteiger partial charge in [0.1, 0.15) is 5.82 Å². The number of piperazine rings is 1. The maximum Gasteiger partial charge on any atom is 0.228 e. The van der Waals surface area contributed by atoms with Crippen LogP contribution in [-0.2, 0) is 0 Å². The van der Waals surface area contributed by atoms with Crippen LogP contribution in [0.15, 0.2) is 54.6 Å². The van der Waals surface area contributed by atoms with E-state index in [1.807, 2.05) is 12.1 Å². The van der Waals surface area contributed by atoms with Crippen molar-refractivity contribution in [3.63, 3.8) is 0 Å². The van der Waals surface area contributed by atoms with E-state index in [1.54, 1.807) is 0 Å². The Morgan fingerprint density at radius 3 is 2.19 bits per heavy atom. The summed E-state index contributed by atoms with van der Waals surface area (Å²) in [7, 11) is 0. The summed E-state index contributed by atoms with van der Waals surface area (Å²) in [6, 6.07) is 19.1. The molecule has 0 amide bonds. The molecule has 0 aliphatic carbocycles. The summed E-state index contributed by atoms with van der Waals surface area (Å²) in [6.07, 6.45) is 0. The first-order chi connectivity index (χ1) is 12.7. The van der Waals surface area contributed by atoms with Crippen molar-refractivity contribution in [2.45, 2.75) is 19.9 Å². The van der Waals surface area contributed by atoms with Gasteiger partial charge in [0.25, 0.3) is 0 Å². The minimum atomic E-state index is 0.330. The Labute approximate surface area is 154 Å². The van der Waals surface area contributed by atoms with E-state index in [0.717, 1.165) is 48.8 Å². The minimum absolute atomic E-state index is 0.330. The number of aromatic nitrogens is 2. The molecule has 0 unspecified atom stereocenters. The van der Waals surface area contributed by atoms with Crippen molar-refractivity contribution >= 4 is 28.4 Å². The number of nitrogens with zero attached hydrogens (tertiary/aromatic N) is 4. The first kappa shape index (κ1) is 16.6. The molecule has 1 aromatic heterocycles. The molecule has 5 nitrogen and oxygen atoms in total. The lowest BCUT2D eigenvalue weighted by molar-refractivity contribution is 0.641. The van der Waals surface area contributed by atoms with Crippen LogP contribution < -0.4 is 15.1 Å².